The molecule has 0 atom stereocenters. The van der Waals surface area contributed by atoms with Gasteiger partial charge in [0.15, 0.2) is 0 Å². The highest BCUT2D eigenvalue weighted by Crippen LogP contribution is 2.40. The van der Waals surface area contributed by atoms with Gasteiger partial charge in [0.25, 0.3) is 0 Å². The van der Waals surface area contributed by atoms with Crippen molar-refractivity contribution in [1.29, 1.82) is 0 Å². The Balaban J connectivity index is 1.91. The fourth-order valence-corrected chi connectivity index (χ4v) is 4.75. The highest BCUT2D eigenvalue weighted by Gasteiger charge is 2.31. The molecule has 1 heterocycles. The van der Waals surface area contributed by atoms with Crippen molar-refractivity contribution < 1.29 is 13.2 Å². The SMILES string of the molecule is C=C(CCc1sc2cc(C(F)(F)F)ccc2c1C(C)C)c1[c]c(C)ccc1. The average Bonchev–Trinajstić information content (AvgIpc) is 2.96. The molecule has 0 saturated heterocycles. The summed E-state index contributed by atoms with van der Waals surface area (Å²) < 4.78 is 39.8. The van der Waals surface area contributed by atoms with Crippen molar-refractivity contribution in [2.45, 2.75) is 45.7 Å². The van der Waals surface area contributed by atoms with Crippen LogP contribution in [0.4, 0.5) is 13.2 Å². The van der Waals surface area contributed by atoms with Crippen LogP contribution >= 0.6 is 11.3 Å². The summed E-state index contributed by atoms with van der Waals surface area (Å²) in [6.07, 6.45) is -2.78. The Morgan fingerprint density at radius 3 is 2.56 bits per heavy atom. The van der Waals surface area contributed by atoms with Crippen molar-refractivity contribution in [3.63, 3.8) is 0 Å². The molecule has 0 nitrogen and oxygen atoms in total. The van der Waals surface area contributed by atoms with Crippen LogP contribution in [0, 0.1) is 13.0 Å². The molecule has 4 heteroatoms. The number of fused-ring (bicyclic) bond motifs is 1. The molecule has 141 valence electrons. The summed E-state index contributed by atoms with van der Waals surface area (Å²) >= 11 is 1.47. The second-order valence-electron chi connectivity index (χ2n) is 7.15. The summed E-state index contributed by atoms with van der Waals surface area (Å²) in [4.78, 5) is 1.15. The number of benzene rings is 2. The Kier molecular flexibility index (Phi) is 5.48. The number of alkyl halides is 3. The van der Waals surface area contributed by atoms with Crippen LogP contribution in [0.1, 0.15) is 53.3 Å². The minimum Gasteiger partial charge on any atom is -0.166 e. The molecule has 0 spiro atoms. The molecule has 3 aromatic rings. The maximum Gasteiger partial charge on any atom is 0.416 e. The van der Waals surface area contributed by atoms with Crippen LogP contribution < -0.4 is 0 Å². The third-order valence-corrected chi connectivity index (χ3v) is 5.91. The van der Waals surface area contributed by atoms with E-state index in [0.717, 1.165) is 45.4 Å². The average molecular weight is 387 g/mol. The summed E-state index contributed by atoms with van der Waals surface area (Å²) in [7, 11) is 0. The fraction of sp³-hybridized carbons (Fsp3) is 0.304. The van der Waals surface area contributed by atoms with Gasteiger partial charge in [-0.3, -0.25) is 0 Å². The molecule has 1 aromatic heterocycles. The van der Waals surface area contributed by atoms with Gasteiger partial charge in [0.05, 0.1) is 5.56 Å². The van der Waals surface area contributed by atoms with Gasteiger partial charge in [0.1, 0.15) is 0 Å². The first kappa shape index (κ1) is 19.7. The predicted octanol–water partition coefficient (Wildman–Crippen LogP) is 7.80. The van der Waals surface area contributed by atoms with Crippen molar-refractivity contribution in [1.82, 2.24) is 0 Å². The van der Waals surface area contributed by atoms with Crippen LogP contribution in [0.2, 0.25) is 0 Å². The second-order valence-corrected chi connectivity index (χ2v) is 8.29. The van der Waals surface area contributed by atoms with Crippen LogP contribution in [-0.2, 0) is 12.6 Å². The van der Waals surface area contributed by atoms with Crippen molar-refractivity contribution in [3.8, 4) is 0 Å². The molecule has 0 fully saturated rings. The molecule has 1 radical (unpaired) electrons. The number of hydrogen-bond donors (Lipinski definition) is 0. The lowest BCUT2D eigenvalue weighted by Crippen LogP contribution is -2.03. The summed E-state index contributed by atoms with van der Waals surface area (Å²) in [5.41, 5.74) is 3.64. The third kappa shape index (κ3) is 4.27. The lowest BCUT2D eigenvalue weighted by atomic mass is 9.95. The van der Waals surface area contributed by atoms with Crippen molar-refractivity contribution in [2.24, 2.45) is 0 Å². The molecular weight excluding hydrogens is 365 g/mol. The van der Waals surface area contributed by atoms with E-state index >= 15 is 0 Å². The number of rotatable bonds is 5. The van der Waals surface area contributed by atoms with E-state index in [1.54, 1.807) is 6.07 Å². The molecule has 0 amide bonds. The van der Waals surface area contributed by atoms with Crippen molar-refractivity contribution in [3.05, 3.63) is 76.2 Å². The molecule has 0 saturated carbocycles. The molecule has 0 aliphatic heterocycles. The fourth-order valence-electron chi connectivity index (χ4n) is 3.35. The zero-order chi connectivity index (χ0) is 19.8. The van der Waals surface area contributed by atoms with Gasteiger partial charge in [-0.05, 0) is 71.5 Å². The Morgan fingerprint density at radius 1 is 1.19 bits per heavy atom. The Labute approximate surface area is 162 Å². The molecule has 3 rings (SSSR count). The van der Waals surface area contributed by atoms with Gasteiger partial charge < -0.3 is 0 Å². The molecule has 0 aliphatic rings. The smallest absolute Gasteiger partial charge is 0.166 e. The van der Waals surface area contributed by atoms with Gasteiger partial charge in [0.2, 0.25) is 0 Å². The first-order chi connectivity index (χ1) is 12.7. The Morgan fingerprint density at radius 2 is 1.93 bits per heavy atom. The van der Waals surface area contributed by atoms with E-state index < -0.39 is 11.7 Å². The highest BCUT2D eigenvalue weighted by atomic mass is 32.1. The van der Waals surface area contributed by atoms with Crippen LogP contribution in [0.25, 0.3) is 15.7 Å². The van der Waals surface area contributed by atoms with E-state index in [1.165, 1.54) is 23.5 Å². The van der Waals surface area contributed by atoms with E-state index in [2.05, 4.69) is 26.5 Å². The van der Waals surface area contributed by atoms with Gasteiger partial charge in [-0.1, -0.05) is 44.7 Å². The van der Waals surface area contributed by atoms with Gasteiger partial charge in [0, 0.05) is 9.58 Å². The number of thiophene rings is 1. The first-order valence-corrected chi connectivity index (χ1v) is 9.78. The minimum absolute atomic E-state index is 0.254. The number of aryl methyl sites for hydroxylation is 2. The minimum atomic E-state index is -4.31. The summed E-state index contributed by atoms with van der Waals surface area (Å²) in [5, 5.41) is 0.936. The monoisotopic (exact) mass is 387 g/mol. The Bertz CT molecular complexity index is 977. The molecule has 0 aliphatic carbocycles. The predicted molar refractivity (Wildman–Crippen MR) is 108 cm³/mol. The lowest BCUT2D eigenvalue weighted by Gasteiger charge is -2.10. The van der Waals surface area contributed by atoms with Crippen molar-refractivity contribution >= 4 is 27.0 Å². The van der Waals surface area contributed by atoms with E-state index in [9.17, 15) is 13.2 Å². The standard InChI is InChI=1S/C23H22F3S/c1-14(2)22-19-10-9-18(23(24,25)26)13-21(19)27-20(22)11-8-16(4)17-7-5-6-15(3)12-17/h5-7,9-10,13-14H,4,8,11H2,1-3H3. The summed E-state index contributed by atoms with van der Waals surface area (Å²) in [5.74, 6) is 0.254. The van der Waals surface area contributed by atoms with Crippen LogP contribution in [0.3, 0.4) is 0 Å². The van der Waals surface area contributed by atoms with Gasteiger partial charge >= 0.3 is 6.18 Å². The van der Waals surface area contributed by atoms with E-state index in [-0.39, 0.29) is 5.92 Å². The molecule has 0 bridgehead atoms. The quantitative estimate of drug-likeness (QED) is 0.419. The molecule has 0 unspecified atom stereocenters. The molecule has 0 N–H and O–H groups in total. The van der Waals surface area contributed by atoms with Gasteiger partial charge in [-0.25, -0.2) is 0 Å². The Hall–Kier alpha value is -2.07. The van der Waals surface area contributed by atoms with Gasteiger partial charge in [-0.2, -0.15) is 13.2 Å². The number of hydrogen-bond acceptors (Lipinski definition) is 1. The normalized spacial score (nSPS) is 12.1. The first-order valence-electron chi connectivity index (χ1n) is 8.96. The number of halogens is 3. The van der Waals surface area contributed by atoms with Crippen LogP contribution in [0.15, 0.2) is 43.0 Å². The van der Waals surface area contributed by atoms with Gasteiger partial charge in [-0.15, -0.1) is 11.3 Å². The molecular formula is C23H22F3S. The van der Waals surface area contributed by atoms with Crippen LogP contribution in [-0.4, -0.2) is 0 Å². The van der Waals surface area contributed by atoms with E-state index in [4.69, 9.17) is 0 Å². The maximum absolute atomic E-state index is 13.0. The topological polar surface area (TPSA) is 0 Å². The third-order valence-electron chi connectivity index (χ3n) is 4.69. The zero-order valence-electron chi connectivity index (χ0n) is 15.7. The summed E-state index contributed by atoms with van der Waals surface area (Å²) in [6.45, 7) is 10.4. The van der Waals surface area contributed by atoms with Crippen molar-refractivity contribution in [2.75, 3.05) is 0 Å². The second kappa shape index (κ2) is 7.51. The molecule has 27 heavy (non-hydrogen) atoms. The highest BCUT2D eigenvalue weighted by molar-refractivity contribution is 7.19. The largest absolute Gasteiger partial charge is 0.416 e. The van der Waals surface area contributed by atoms with E-state index in [1.807, 2.05) is 25.1 Å². The number of allylic oxidation sites excluding steroid dienone is 1. The van der Waals surface area contributed by atoms with Crippen LogP contribution in [0.5, 0.6) is 0 Å². The zero-order valence-corrected chi connectivity index (χ0v) is 16.5. The lowest BCUT2D eigenvalue weighted by molar-refractivity contribution is -0.137. The molecule has 2 aromatic carbocycles. The van der Waals surface area contributed by atoms with E-state index in [0.29, 0.717) is 4.70 Å². The summed E-state index contributed by atoms with van der Waals surface area (Å²) in [6, 6.07) is 13.4. The maximum atomic E-state index is 13.0.